The molecular formula is C14H10F3NO3. The van der Waals surface area contributed by atoms with Gasteiger partial charge in [-0.1, -0.05) is 0 Å². The van der Waals surface area contributed by atoms with E-state index in [9.17, 15) is 18.0 Å². The van der Waals surface area contributed by atoms with Crippen LogP contribution in [0.2, 0.25) is 0 Å². The van der Waals surface area contributed by atoms with Crippen LogP contribution < -0.4 is 4.74 Å². The van der Waals surface area contributed by atoms with Crippen molar-refractivity contribution in [3.05, 3.63) is 48.3 Å². The van der Waals surface area contributed by atoms with Crippen molar-refractivity contribution in [1.29, 1.82) is 0 Å². The summed E-state index contributed by atoms with van der Waals surface area (Å²) in [6.45, 7) is 0. The van der Waals surface area contributed by atoms with E-state index in [1.807, 2.05) is 0 Å². The van der Waals surface area contributed by atoms with Crippen molar-refractivity contribution in [2.75, 3.05) is 7.11 Å². The first-order valence-electron chi connectivity index (χ1n) is 5.79. The number of aromatic nitrogens is 1. The Balaban J connectivity index is 2.51. The molecule has 21 heavy (non-hydrogen) atoms. The Morgan fingerprint density at radius 2 is 1.81 bits per heavy atom. The number of hydrogen-bond donors (Lipinski definition) is 0. The second-order valence-electron chi connectivity index (χ2n) is 3.98. The van der Waals surface area contributed by atoms with E-state index in [0.29, 0.717) is 5.56 Å². The normalized spacial score (nSPS) is 11.0. The molecule has 0 unspecified atom stereocenters. The van der Waals surface area contributed by atoms with Crippen molar-refractivity contribution in [2.45, 2.75) is 6.36 Å². The van der Waals surface area contributed by atoms with Gasteiger partial charge in [-0.2, -0.15) is 0 Å². The molecule has 0 fully saturated rings. The van der Waals surface area contributed by atoms with Crippen molar-refractivity contribution in [1.82, 2.24) is 4.98 Å². The summed E-state index contributed by atoms with van der Waals surface area (Å²) in [6, 6.07) is 6.56. The smallest absolute Gasteiger partial charge is 0.465 e. The lowest BCUT2D eigenvalue weighted by Crippen LogP contribution is -2.17. The van der Waals surface area contributed by atoms with Crippen molar-refractivity contribution >= 4 is 5.97 Å². The Bertz CT molecular complexity index is 642. The predicted molar refractivity (Wildman–Crippen MR) is 67.7 cm³/mol. The van der Waals surface area contributed by atoms with Crippen LogP contribution in [0.15, 0.2) is 42.7 Å². The van der Waals surface area contributed by atoms with Gasteiger partial charge in [-0.05, 0) is 41.5 Å². The lowest BCUT2D eigenvalue weighted by atomic mass is 10.0. The maximum Gasteiger partial charge on any atom is 0.573 e. The van der Waals surface area contributed by atoms with E-state index in [0.717, 1.165) is 12.1 Å². The molecule has 0 N–H and O–H groups in total. The van der Waals surface area contributed by atoms with Gasteiger partial charge in [-0.3, -0.25) is 4.98 Å². The number of carbonyl (C=O) groups is 1. The summed E-state index contributed by atoms with van der Waals surface area (Å²) in [7, 11) is 1.19. The zero-order chi connectivity index (χ0) is 15.5. The summed E-state index contributed by atoms with van der Waals surface area (Å²) in [6.07, 6.45) is -1.87. The van der Waals surface area contributed by atoms with Crippen molar-refractivity contribution in [2.24, 2.45) is 0 Å². The number of methoxy groups -OCH3 is 1. The highest BCUT2D eigenvalue weighted by atomic mass is 19.4. The minimum atomic E-state index is -4.80. The number of halogens is 3. The number of benzene rings is 1. The second kappa shape index (κ2) is 5.82. The van der Waals surface area contributed by atoms with E-state index in [1.54, 1.807) is 12.1 Å². The van der Waals surface area contributed by atoms with Gasteiger partial charge >= 0.3 is 12.3 Å². The molecular weight excluding hydrogens is 287 g/mol. The van der Waals surface area contributed by atoms with Crippen LogP contribution in [-0.4, -0.2) is 24.4 Å². The number of nitrogens with zero attached hydrogens (tertiary/aromatic N) is 1. The zero-order valence-electron chi connectivity index (χ0n) is 10.8. The van der Waals surface area contributed by atoms with Gasteiger partial charge in [0.05, 0.1) is 12.7 Å². The van der Waals surface area contributed by atoms with E-state index < -0.39 is 18.1 Å². The fraction of sp³-hybridized carbons (Fsp3) is 0.143. The Morgan fingerprint density at radius 1 is 1.14 bits per heavy atom. The van der Waals surface area contributed by atoms with Crippen LogP contribution in [0.3, 0.4) is 0 Å². The number of alkyl halides is 3. The molecule has 110 valence electrons. The summed E-state index contributed by atoms with van der Waals surface area (Å²) in [5.41, 5.74) is 0.933. The average Bonchev–Trinajstić information content (AvgIpc) is 2.45. The molecule has 1 aromatic carbocycles. The average molecular weight is 297 g/mol. The van der Waals surface area contributed by atoms with Crippen LogP contribution in [-0.2, 0) is 4.74 Å². The van der Waals surface area contributed by atoms with Gasteiger partial charge in [0.2, 0.25) is 0 Å². The molecule has 0 amide bonds. The molecule has 7 heteroatoms. The van der Waals surface area contributed by atoms with Crippen LogP contribution in [0, 0.1) is 0 Å². The first kappa shape index (κ1) is 14.8. The highest BCUT2D eigenvalue weighted by Gasteiger charge is 2.31. The Labute approximate surface area is 118 Å². The number of esters is 1. The standard InChI is InChI=1S/C14H10F3NO3/c1-20-13(19)11-3-2-10(21-14(15,16)17)8-12(11)9-4-6-18-7-5-9/h2-8H,1H3. The first-order chi connectivity index (χ1) is 9.90. The number of ether oxygens (including phenoxy) is 2. The van der Waals surface area contributed by atoms with E-state index >= 15 is 0 Å². The summed E-state index contributed by atoms with van der Waals surface area (Å²) in [4.78, 5) is 15.5. The summed E-state index contributed by atoms with van der Waals surface area (Å²) in [5, 5.41) is 0. The molecule has 0 saturated heterocycles. The fourth-order valence-electron chi connectivity index (χ4n) is 1.78. The van der Waals surface area contributed by atoms with E-state index in [-0.39, 0.29) is 11.1 Å². The van der Waals surface area contributed by atoms with Gasteiger partial charge in [0.15, 0.2) is 0 Å². The molecule has 2 aromatic rings. The molecule has 0 aliphatic rings. The minimum absolute atomic E-state index is 0.137. The largest absolute Gasteiger partial charge is 0.573 e. The van der Waals surface area contributed by atoms with Crippen LogP contribution >= 0.6 is 0 Å². The quantitative estimate of drug-likeness (QED) is 0.814. The van der Waals surface area contributed by atoms with Gasteiger partial charge in [0.25, 0.3) is 0 Å². The molecule has 0 atom stereocenters. The second-order valence-corrected chi connectivity index (χ2v) is 3.98. The maximum atomic E-state index is 12.3. The first-order valence-corrected chi connectivity index (χ1v) is 5.79. The molecule has 2 rings (SSSR count). The number of carbonyl (C=O) groups excluding carboxylic acids is 1. The molecule has 0 radical (unpaired) electrons. The minimum Gasteiger partial charge on any atom is -0.465 e. The van der Waals surface area contributed by atoms with Crippen molar-refractivity contribution in [3.63, 3.8) is 0 Å². The molecule has 1 aromatic heterocycles. The molecule has 0 aliphatic carbocycles. The number of hydrogen-bond acceptors (Lipinski definition) is 4. The van der Waals surface area contributed by atoms with Crippen molar-refractivity contribution < 1.29 is 27.4 Å². The Hall–Kier alpha value is -2.57. The highest BCUT2D eigenvalue weighted by molar-refractivity contribution is 5.97. The summed E-state index contributed by atoms with van der Waals surface area (Å²) >= 11 is 0. The number of rotatable bonds is 3. The monoisotopic (exact) mass is 297 g/mol. The highest BCUT2D eigenvalue weighted by Crippen LogP contribution is 2.31. The molecule has 1 heterocycles. The molecule has 0 bridgehead atoms. The lowest BCUT2D eigenvalue weighted by molar-refractivity contribution is -0.274. The van der Waals surface area contributed by atoms with Gasteiger partial charge in [-0.25, -0.2) is 4.79 Å². The van der Waals surface area contributed by atoms with Gasteiger partial charge < -0.3 is 9.47 Å². The molecule has 0 saturated carbocycles. The topological polar surface area (TPSA) is 48.4 Å². The van der Waals surface area contributed by atoms with E-state index in [2.05, 4.69) is 14.5 Å². The van der Waals surface area contributed by atoms with Gasteiger partial charge in [0, 0.05) is 12.4 Å². The third-order valence-corrected chi connectivity index (χ3v) is 2.62. The Kier molecular flexibility index (Phi) is 4.11. The third kappa shape index (κ3) is 3.71. The molecule has 0 aliphatic heterocycles. The number of pyridine rings is 1. The van der Waals surface area contributed by atoms with Gasteiger partial charge in [-0.15, -0.1) is 13.2 Å². The van der Waals surface area contributed by atoms with Crippen molar-refractivity contribution in [3.8, 4) is 16.9 Å². The van der Waals surface area contributed by atoms with E-state index in [1.165, 1.54) is 25.6 Å². The van der Waals surface area contributed by atoms with Crippen LogP contribution in [0.25, 0.3) is 11.1 Å². The van der Waals surface area contributed by atoms with E-state index in [4.69, 9.17) is 0 Å². The zero-order valence-corrected chi connectivity index (χ0v) is 10.8. The summed E-state index contributed by atoms with van der Waals surface area (Å²) in [5.74, 6) is -1.07. The lowest BCUT2D eigenvalue weighted by Gasteiger charge is -2.13. The third-order valence-electron chi connectivity index (χ3n) is 2.62. The summed E-state index contributed by atoms with van der Waals surface area (Å²) < 4.78 is 45.3. The van der Waals surface area contributed by atoms with Crippen LogP contribution in [0.5, 0.6) is 5.75 Å². The SMILES string of the molecule is COC(=O)c1ccc(OC(F)(F)F)cc1-c1ccncc1. The fourth-order valence-corrected chi connectivity index (χ4v) is 1.78. The van der Waals surface area contributed by atoms with Gasteiger partial charge in [0.1, 0.15) is 5.75 Å². The van der Waals surface area contributed by atoms with Crippen LogP contribution in [0.4, 0.5) is 13.2 Å². The molecule has 4 nitrogen and oxygen atoms in total. The predicted octanol–water partition coefficient (Wildman–Crippen LogP) is 3.43. The maximum absolute atomic E-state index is 12.3. The molecule has 0 spiro atoms. The van der Waals surface area contributed by atoms with Crippen LogP contribution in [0.1, 0.15) is 10.4 Å². The Morgan fingerprint density at radius 3 is 2.38 bits per heavy atom.